The third-order valence-electron chi connectivity index (χ3n) is 6.99. The first-order valence-corrected chi connectivity index (χ1v) is 12.5. The predicted molar refractivity (Wildman–Crippen MR) is 135 cm³/mol. The Balaban J connectivity index is 1.16. The van der Waals surface area contributed by atoms with Crippen LogP contribution < -0.4 is 4.74 Å². The first kappa shape index (κ1) is 23.6. The molecule has 1 saturated heterocycles. The smallest absolute Gasteiger partial charge is 0.283 e. The molecule has 0 spiro atoms. The van der Waals surface area contributed by atoms with Gasteiger partial charge in [-0.05, 0) is 74.5 Å². The maximum absolute atomic E-state index is 10.7. The Morgan fingerprint density at radius 2 is 1.89 bits per heavy atom. The maximum Gasteiger partial charge on any atom is 0.283 e. The molecule has 4 aromatic rings. The number of rotatable bonds is 8. The topological polar surface area (TPSA) is 84.8 Å². The second kappa shape index (κ2) is 10.2. The number of likely N-dealkylation sites (tertiary alicyclic amines) is 1. The van der Waals surface area contributed by atoms with Gasteiger partial charge in [-0.1, -0.05) is 31.2 Å². The molecule has 35 heavy (non-hydrogen) atoms. The number of piperidine rings is 1. The van der Waals surface area contributed by atoms with Gasteiger partial charge in [0.25, 0.3) is 5.89 Å². The molecular formula is C28H33N3O4. The SMILES string of the molecule is CCc1nnc(-c2cc3c(OC[C@@H](O)CN4CCC(c5ccc(C)c(C)c5)CC4)cccc3o2)o1. The van der Waals surface area contributed by atoms with Crippen molar-refractivity contribution in [2.75, 3.05) is 26.2 Å². The molecule has 0 radical (unpaired) electrons. The maximum atomic E-state index is 10.7. The van der Waals surface area contributed by atoms with Crippen LogP contribution in [0.3, 0.4) is 0 Å². The van der Waals surface area contributed by atoms with Crippen molar-refractivity contribution >= 4 is 11.0 Å². The number of nitrogens with zero attached hydrogens (tertiary/aromatic N) is 3. The van der Waals surface area contributed by atoms with Crippen LogP contribution in [0, 0.1) is 13.8 Å². The number of aromatic nitrogens is 2. The molecule has 1 N–H and O–H groups in total. The molecule has 2 aromatic heterocycles. The minimum absolute atomic E-state index is 0.219. The molecule has 0 saturated carbocycles. The lowest BCUT2D eigenvalue weighted by Crippen LogP contribution is -2.40. The first-order valence-electron chi connectivity index (χ1n) is 12.5. The lowest BCUT2D eigenvalue weighted by molar-refractivity contribution is 0.0599. The molecule has 1 atom stereocenters. The average molecular weight is 476 g/mol. The molecule has 0 unspecified atom stereocenters. The molecular weight excluding hydrogens is 442 g/mol. The van der Waals surface area contributed by atoms with Crippen molar-refractivity contribution < 1.29 is 18.7 Å². The quantitative estimate of drug-likeness (QED) is 0.371. The molecule has 0 amide bonds. The molecule has 1 aliphatic heterocycles. The van der Waals surface area contributed by atoms with Crippen molar-refractivity contribution in [3.05, 3.63) is 65.0 Å². The predicted octanol–water partition coefficient (Wildman–Crippen LogP) is 5.28. The van der Waals surface area contributed by atoms with E-state index in [0.29, 0.717) is 47.8 Å². The minimum Gasteiger partial charge on any atom is -0.490 e. The lowest BCUT2D eigenvalue weighted by atomic mass is 9.88. The Morgan fingerprint density at radius 3 is 2.63 bits per heavy atom. The second-order valence-electron chi connectivity index (χ2n) is 9.52. The van der Waals surface area contributed by atoms with Crippen LogP contribution in [0.4, 0.5) is 0 Å². The number of hydrogen-bond donors (Lipinski definition) is 1. The summed E-state index contributed by atoms with van der Waals surface area (Å²) in [4.78, 5) is 2.34. The van der Waals surface area contributed by atoms with Gasteiger partial charge in [0.1, 0.15) is 24.0 Å². The van der Waals surface area contributed by atoms with Gasteiger partial charge in [-0.2, -0.15) is 0 Å². The van der Waals surface area contributed by atoms with Gasteiger partial charge in [0, 0.05) is 19.0 Å². The molecule has 7 heteroatoms. The number of furan rings is 1. The zero-order valence-corrected chi connectivity index (χ0v) is 20.7. The summed E-state index contributed by atoms with van der Waals surface area (Å²) in [5.74, 6) is 2.70. The van der Waals surface area contributed by atoms with Crippen molar-refractivity contribution in [2.45, 2.75) is 52.1 Å². The van der Waals surface area contributed by atoms with E-state index in [1.807, 2.05) is 31.2 Å². The summed E-state index contributed by atoms with van der Waals surface area (Å²) >= 11 is 0. The van der Waals surface area contributed by atoms with Gasteiger partial charge in [-0.15, -0.1) is 10.2 Å². The molecule has 7 nitrogen and oxygen atoms in total. The van der Waals surface area contributed by atoms with Crippen LogP contribution in [-0.4, -0.2) is 52.5 Å². The number of aliphatic hydroxyl groups excluding tert-OH is 1. The number of aliphatic hydroxyl groups is 1. The number of β-amino-alcohol motifs (C(OH)–C–C–N with tert-alkyl or cyclic N) is 1. The Kier molecular flexibility index (Phi) is 6.88. The van der Waals surface area contributed by atoms with Crippen LogP contribution in [0.15, 0.2) is 51.3 Å². The standard InChI is InChI=1S/C28H33N3O4/c1-4-27-29-30-28(35-27)26-15-23-24(6-5-7-25(23)34-26)33-17-22(32)16-31-12-10-20(11-13-31)21-9-8-18(2)19(3)14-21/h5-9,14-15,20,22,32H,4,10-13,16-17H2,1-3H3/t22-/m0/s1. The van der Waals surface area contributed by atoms with Crippen LogP contribution in [0.2, 0.25) is 0 Å². The van der Waals surface area contributed by atoms with Crippen LogP contribution >= 0.6 is 0 Å². The number of ether oxygens (including phenoxy) is 1. The van der Waals surface area contributed by atoms with Gasteiger partial charge in [-0.3, -0.25) is 0 Å². The Bertz CT molecular complexity index is 1290. The molecule has 184 valence electrons. The second-order valence-corrected chi connectivity index (χ2v) is 9.52. The van der Waals surface area contributed by atoms with Gasteiger partial charge in [0.15, 0.2) is 5.76 Å². The molecule has 1 fully saturated rings. The number of aryl methyl sites for hydroxylation is 3. The first-order chi connectivity index (χ1) is 17.0. The van der Waals surface area contributed by atoms with Gasteiger partial charge in [0.05, 0.1) is 5.39 Å². The molecule has 3 heterocycles. The van der Waals surface area contributed by atoms with Crippen LogP contribution in [0.5, 0.6) is 5.75 Å². The monoisotopic (exact) mass is 475 g/mol. The number of benzene rings is 2. The largest absolute Gasteiger partial charge is 0.490 e. The van der Waals surface area contributed by atoms with Crippen molar-refractivity contribution in [1.82, 2.24) is 15.1 Å². The Labute approximate surface area is 205 Å². The fraction of sp³-hybridized carbons (Fsp3) is 0.429. The van der Waals surface area contributed by atoms with Crippen LogP contribution in [0.25, 0.3) is 22.6 Å². The third-order valence-corrected chi connectivity index (χ3v) is 6.99. The highest BCUT2D eigenvalue weighted by Crippen LogP contribution is 2.33. The van der Waals surface area contributed by atoms with Gasteiger partial charge < -0.3 is 23.6 Å². The summed E-state index contributed by atoms with van der Waals surface area (Å²) in [5.41, 5.74) is 4.82. The number of fused-ring (bicyclic) bond motifs is 1. The molecule has 5 rings (SSSR count). The van der Waals surface area contributed by atoms with Crippen LogP contribution in [0.1, 0.15) is 48.3 Å². The van der Waals surface area contributed by atoms with Crippen molar-refractivity contribution in [1.29, 1.82) is 0 Å². The van der Waals surface area contributed by atoms with Crippen molar-refractivity contribution in [2.24, 2.45) is 0 Å². The highest BCUT2D eigenvalue weighted by Gasteiger charge is 2.23. The molecule has 0 bridgehead atoms. The highest BCUT2D eigenvalue weighted by molar-refractivity contribution is 5.87. The summed E-state index contributed by atoms with van der Waals surface area (Å²) in [6.07, 6.45) is 2.33. The van der Waals surface area contributed by atoms with E-state index < -0.39 is 6.10 Å². The summed E-state index contributed by atoms with van der Waals surface area (Å²) in [5, 5.41) is 19.6. The van der Waals surface area contributed by atoms with Crippen molar-refractivity contribution in [3.8, 4) is 17.4 Å². The highest BCUT2D eigenvalue weighted by atomic mass is 16.5. The minimum atomic E-state index is -0.571. The van der Waals surface area contributed by atoms with E-state index in [1.54, 1.807) is 0 Å². The zero-order chi connectivity index (χ0) is 24.4. The molecule has 0 aliphatic carbocycles. The van der Waals surface area contributed by atoms with E-state index in [2.05, 4.69) is 47.1 Å². The Hall–Kier alpha value is -3.16. The van der Waals surface area contributed by atoms with Crippen molar-refractivity contribution in [3.63, 3.8) is 0 Å². The fourth-order valence-electron chi connectivity index (χ4n) is 4.77. The number of hydrogen-bond acceptors (Lipinski definition) is 7. The van der Waals surface area contributed by atoms with Gasteiger partial charge in [0.2, 0.25) is 5.89 Å². The summed E-state index contributed by atoms with van der Waals surface area (Å²) in [6.45, 7) is 9.10. The summed E-state index contributed by atoms with van der Waals surface area (Å²) in [6, 6.07) is 14.3. The Morgan fingerprint density at radius 1 is 1.06 bits per heavy atom. The molecule has 1 aliphatic rings. The lowest BCUT2D eigenvalue weighted by Gasteiger charge is -2.33. The summed E-state index contributed by atoms with van der Waals surface area (Å²) < 4.78 is 17.5. The molecule has 2 aromatic carbocycles. The fourth-order valence-corrected chi connectivity index (χ4v) is 4.77. The van der Waals surface area contributed by atoms with E-state index in [-0.39, 0.29) is 6.61 Å². The van der Waals surface area contributed by atoms with E-state index in [4.69, 9.17) is 13.6 Å². The third kappa shape index (κ3) is 5.26. The van der Waals surface area contributed by atoms with Gasteiger partial charge in [-0.25, -0.2) is 0 Å². The van der Waals surface area contributed by atoms with Gasteiger partial charge >= 0.3 is 0 Å². The average Bonchev–Trinajstić information content (AvgIpc) is 3.52. The van der Waals surface area contributed by atoms with E-state index in [0.717, 1.165) is 31.3 Å². The normalized spacial score (nSPS) is 16.1. The van der Waals surface area contributed by atoms with Crippen LogP contribution in [-0.2, 0) is 6.42 Å². The van der Waals surface area contributed by atoms with E-state index in [1.165, 1.54) is 16.7 Å². The van der Waals surface area contributed by atoms with E-state index >= 15 is 0 Å². The van der Waals surface area contributed by atoms with E-state index in [9.17, 15) is 5.11 Å². The zero-order valence-electron chi connectivity index (χ0n) is 20.7. The summed E-state index contributed by atoms with van der Waals surface area (Å²) in [7, 11) is 0.